The van der Waals surface area contributed by atoms with Crippen LogP contribution < -0.4 is 0 Å². The van der Waals surface area contributed by atoms with Crippen LogP contribution in [-0.4, -0.2) is 5.11 Å². The average Bonchev–Trinajstić information content (AvgIpc) is 2.90. The molecule has 0 amide bonds. The van der Waals surface area contributed by atoms with Crippen molar-refractivity contribution >= 4 is 54.5 Å². The molecule has 0 fully saturated rings. The maximum atomic E-state index is 10.4. The topological polar surface area (TPSA) is 20.2 Å². The van der Waals surface area contributed by atoms with Gasteiger partial charge in [-0.25, -0.2) is 0 Å². The highest BCUT2D eigenvalue weighted by atomic mass is 79.9. The summed E-state index contributed by atoms with van der Waals surface area (Å²) in [6, 6.07) is 4.17. The summed E-state index contributed by atoms with van der Waals surface area (Å²) in [6.07, 6.45) is 3.13. The Bertz CT molecular complexity index is 537. The minimum atomic E-state index is -0.498. The lowest BCUT2D eigenvalue weighted by Gasteiger charge is -2.07. The van der Waals surface area contributed by atoms with E-state index in [1.807, 2.05) is 6.07 Å². The summed E-state index contributed by atoms with van der Waals surface area (Å²) in [5.74, 6) is 0. The van der Waals surface area contributed by atoms with Crippen molar-refractivity contribution < 1.29 is 5.11 Å². The molecule has 17 heavy (non-hydrogen) atoms. The molecular weight excluding hydrogens is 384 g/mol. The molecule has 0 saturated carbocycles. The number of rotatable bonds is 2. The number of hydrogen-bond donors (Lipinski definition) is 1. The zero-order chi connectivity index (χ0) is 12.0. The molecule has 2 aromatic rings. The second-order valence-electron chi connectivity index (χ2n) is 4.13. The summed E-state index contributed by atoms with van der Waals surface area (Å²) in [6.45, 7) is 0. The molecule has 1 aliphatic carbocycles. The van der Waals surface area contributed by atoms with Crippen LogP contribution in [0.4, 0.5) is 0 Å². The van der Waals surface area contributed by atoms with E-state index in [0.717, 1.165) is 18.0 Å². The molecule has 0 spiro atoms. The summed E-state index contributed by atoms with van der Waals surface area (Å²) in [7, 11) is 0. The van der Waals surface area contributed by atoms with E-state index in [-0.39, 0.29) is 0 Å². The molecule has 1 nitrogen and oxygen atoms in total. The first-order valence-electron chi connectivity index (χ1n) is 5.39. The van der Waals surface area contributed by atoms with Gasteiger partial charge in [-0.3, -0.25) is 0 Å². The van der Waals surface area contributed by atoms with Gasteiger partial charge in [0, 0.05) is 15.3 Å². The van der Waals surface area contributed by atoms with Gasteiger partial charge < -0.3 is 5.11 Å². The number of fused-ring (bicyclic) bond motifs is 1. The van der Waals surface area contributed by atoms with Gasteiger partial charge in [0.25, 0.3) is 0 Å². The van der Waals surface area contributed by atoms with E-state index in [4.69, 9.17) is 0 Å². The lowest BCUT2D eigenvalue weighted by atomic mass is 10.1. The van der Waals surface area contributed by atoms with E-state index in [0.29, 0.717) is 0 Å². The molecule has 0 aromatic carbocycles. The van der Waals surface area contributed by atoms with Crippen LogP contribution in [0.2, 0.25) is 0 Å². The number of aliphatic hydroxyl groups excluding tert-OH is 1. The van der Waals surface area contributed by atoms with Crippen LogP contribution in [0.15, 0.2) is 19.7 Å². The normalized spacial score (nSPS) is 16.2. The summed E-state index contributed by atoms with van der Waals surface area (Å²) in [5.41, 5.74) is 2.40. The molecule has 1 unspecified atom stereocenters. The van der Waals surface area contributed by atoms with E-state index < -0.39 is 6.10 Å². The SMILES string of the molecule is OC(c1cc2c(s1)CCC2)c1cc(Br)sc1Br. The smallest absolute Gasteiger partial charge is 0.115 e. The second-order valence-corrected chi connectivity index (χ2v) is 9.05. The van der Waals surface area contributed by atoms with Gasteiger partial charge in [0.15, 0.2) is 0 Å². The Kier molecular flexibility index (Phi) is 3.47. The molecule has 1 atom stereocenters. The summed E-state index contributed by atoms with van der Waals surface area (Å²) >= 11 is 10.3. The Labute approximate surface area is 125 Å². The first-order valence-corrected chi connectivity index (χ1v) is 8.61. The highest BCUT2D eigenvalue weighted by Crippen LogP contribution is 2.41. The van der Waals surface area contributed by atoms with Crippen LogP contribution in [0.3, 0.4) is 0 Å². The Morgan fingerprint density at radius 2 is 2.00 bits per heavy atom. The van der Waals surface area contributed by atoms with Crippen molar-refractivity contribution in [1.29, 1.82) is 0 Å². The molecule has 3 rings (SSSR count). The molecular formula is C12H10Br2OS2. The van der Waals surface area contributed by atoms with Crippen LogP contribution in [0.25, 0.3) is 0 Å². The predicted octanol–water partition coefficient (Wildman–Crippen LogP) is 4.91. The number of aryl methyl sites for hydroxylation is 2. The van der Waals surface area contributed by atoms with E-state index in [1.165, 1.54) is 29.7 Å². The van der Waals surface area contributed by atoms with E-state index in [9.17, 15) is 5.11 Å². The van der Waals surface area contributed by atoms with E-state index in [1.54, 1.807) is 22.7 Å². The monoisotopic (exact) mass is 392 g/mol. The zero-order valence-corrected chi connectivity index (χ0v) is 13.7. The van der Waals surface area contributed by atoms with Crippen molar-refractivity contribution in [3.63, 3.8) is 0 Å². The van der Waals surface area contributed by atoms with Crippen LogP contribution in [0.5, 0.6) is 0 Å². The fourth-order valence-corrected chi connectivity index (χ4v) is 6.33. The van der Waals surface area contributed by atoms with Gasteiger partial charge in [-0.1, -0.05) is 0 Å². The minimum absolute atomic E-state index is 0.498. The molecule has 0 saturated heterocycles. The van der Waals surface area contributed by atoms with Gasteiger partial charge in [0.2, 0.25) is 0 Å². The first-order chi connectivity index (χ1) is 8.15. The van der Waals surface area contributed by atoms with Crippen molar-refractivity contribution in [2.75, 3.05) is 0 Å². The Balaban J connectivity index is 1.95. The fourth-order valence-electron chi connectivity index (χ4n) is 2.18. The van der Waals surface area contributed by atoms with Crippen LogP contribution in [0.1, 0.15) is 33.4 Å². The highest BCUT2D eigenvalue weighted by Gasteiger charge is 2.22. The summed E-state index contributed by atoms with van der Waals surface area (Å²) < 4.78 is 2.05. The number of halogens is 2. The van der Waals surface area contributed by atoms with Crippen LogP contribution in [-0.2, 0) is 12.8 Å². The van der Waals surface area contributed by atoms with Crippen molar-refractivity contribution in [3.8, 4) is 0 Å². The van der Waals surface area contributed by atoms with Gasteiger partial charge in [0.1, 0.15) is 6.10 Å². The molecule has 1 N–H and O–H groups in total. The van der Waals surface area contributed by atoms with Gasteiger partial charge in [-0.2, -0.15) is 0 Å². The maximum Gasteiger partial charge on any atom is 0.115 e. The molecule has 90 valence electrons. The molecule has 0 bridgehead atoms. The fraction of sp³-hybridized carbons (Fsp3) is 0.333. The van der Waals surface area contributed by atoms with Gasteiger partial charge in [0.05, 0.1) is 7.57 Å². The first kappa shape index (κ1) is 12.4. The summed E-state index contributed by atoms with van der Waals surface area (Å²) in [4.78, 5) is 2.53. The standard InChI is InChI=1S/C12H10Br2OS2/c13-10-5-7(12(14)17-10)11(15)9-4-6-2-1-3-8(6)16-9/h4-5,11,15H,1-3H2. The predicted molar refractivity (Wildman–Crippen MR) is 80.1 cm³/mol. The third-order valence-electron chi connectivity index (χ3n) is 3.01. The molecule has 0 aliphatic heterocycles. The quantitative estimate of drug-likeness (QED) is 0.768. The zero-order valence-electron chi connectivity index (χ0n) is 8.87. The van der Waals surface area contributed by atoms with Crippen molar-refractivity contribution in [2.45, 2.75) is 25.4 Å². The van der Waals surface area contributed by atoms with Crippen LogP contribution >= 0.6 is 54.5 Å². The number of hydrogen-bond acceptors (Lipinski definition) is 3. The Morgan fingerprint density at radius 1 is 1.18 bits per heavy atom. The molecule has 2 aromatic heterocycles. The van der Waals surface area contributed by atoms with Gasteiger partial charge in [-0.05, 0) is 68.8 Å². The third-order valence-corrected chi connectivity index (χ3v) is 6.69. The van der Waals surface area contributed by atoms with Crippen molar-refractivity contribution in [1.82, 2.24) is 0 Å². The van der Waals surface area contributed by atoms with Crippen LogP contribution in [0, 0.1) is 0 Å². The molecule has 1 aliphatic rings. The number of aliphatic hydroxyl groups is 1. The second kappa shape index (κ2) is 4.78. The van der Waals surface area contributed by atoms with Gasteiger partial charge >= 0.3 is 0 Å². The molecule has 2 heterocycles. The minimum Gasteiger partial charge on any atom is -0.383 e. The molecule has 0 radical (unpaired) electrons. The summed E-state index contributed by atoms with van der Waals surface area (Å²) in [5, 5.41) is 10.4. The van der Waals surface area contributed by atoms with Crippen molar-refractivity contribution in [3.05, 3.63) is 40.6 Å². The van der Waals surface area contributed by atoms with Gasteiger partial charge in [-0.15, -0.1) is 22.7 Å². The Hall–Kier alpha value is 0.320. The third kappa shape index (κ3) is 2.28. The highest BCUT2D eigenvalue weighted by molar-refractivity contribution is 9.12. The lowest BCUT2D eigenvalue weighted by molar-refractivity contribution is 0.224. The van der Waals surface area contributed by atoms with E-state index in [2.05, 4.69) is 37.9 Å². The Morgan fingerprint density at radius 3 is 2.65 bits per heavy atom. The average molecular weight is 394 g/mol. The van der Waals surface area contributed by atoms with E-state index >= 15 is 0 Å². The maximum absolute atomic E-state index is 10.4. The largest absolute Gasteiger partial charge is 0.383 e. The van der Waals surface area contributed by atoms with Crippen molar-refractivity contribution in [2.24, 2.45) is 0 Å². The molecule has 5 heteroatoms. The lowest BCUT2D eigenvalue weighted by Crippen LogP contribution is -1.95. The number of thiophene rings is 2.